The summed E-state index contributed by atoms with van der Waals surface area (Å²) in [7, 11) is 1.64. The maximum absolute atomic E-state index is 6.13. The molecule has 100 valence electrons. The van der Waals surface area contributed by atoms with Crippen LogP contribution in [0.2, 0.25) is 10.0 Å². The summed E-state index contributed by atoms with van der Waals surface area (Å²) < 4.78 is 6.17. The van der Waals surface area contributed by atoms with Gasteiger partial charge in [-0.25, -0.2) is 0 Å². The van der Waals surface area contributed by atoms with Gasteiger partial charge in [-0.05, 0) is 45.8 Å². The van der Waals surface area contributed by atoms with Gasteiger partial charge in [0.25, 0.3) is 0 Å². The van der Waals surface area contributed by atoms with E-state index in [1.165, 1.54) is 0 Å². The lowest BCUT2D eigenvalue weighted by molar-refractivity contribution is 0.415. The second-order valence-corrected chi connectivity index (χ2v) is 5.63. The maximum Gasteiger partial charge on any atom is 0.121 e. The molecule has 1 N–H and O–H groups in total. The summed E-state index contributed by atoms with van der Waals surface area (Å²) >= 11 is 15.5. The summed E-state index contributed by atoms with van der Waals surface area (Å²) in [5, 5.41) is 4.60. The summed E-state index contributed by atoms with van der Waals surface area (Å²) in [5.74, 6) is 0.799. The fraction of sp³-hybridized carbons (Fsp3) is 0.143. The van der Waals surface area contributed by atoms with Gasteiger partial charge < -0.3 is 10.1 Å². The van der Waals surface area contributed by atoms with Crippen molar-refractivity contribution in [2.45, 2.75) is 6.54 Å². The van der Waals surface area contributed by atoms with Crippen LogP contribution in [0.15, 0.2) is 40.9 Å². The van der Waals surface area contributed by atoms with Crippen molar-refractivity contribution in [2.24, 2.45) is 0 Å². The second-order valence-electron chi connectivity index (χ2n) is 3.94. The topological polar surface area (TPSA) is 21.3 Å². The van der Waals surface area contributed by atoms with E-state index in [4.69, 9.17) is 27.9 Å². The van der Waals surface area contributed by atoms with Crippen molar-refractivity contribution >= 4 is 44.8 Å². The molecule has 0 aliphatic carbocycles. The molecule has 0 aromatic heterocycles. The third kappa shape index (κ3) is 3.78. The highest BCUT2D eigenvalue weighted by molar-refractivity contribution is 9.10. The van der Waals surface area contributed by atoms with Crippen LogP contribution in [0.3, 0.4) is 0 Å². The summed E-state index contributed by atoms with van der Waals surface area (Å²) in [6, 6.07) is 11.2. The number of halogens is 3. The first-order valence-corrected chi connectivity index (χ1v) is 7.16. The predicted molar refractivity (Wildman–Crippen MR) is 84.5 cm³/mol. The van der Waals surface area contributed by atoms with Gasteiger partial charge in [0.1, 0.15) is 5.75 Å². The van der Waals surface area contributed by atoms with Gasteiger partial charge in [0.15, 0.2) is 0 Å². The number of hydrogen-bond donors (Lipinski definition) is 1. The zero-order valence-electron chi connectivity index (χ0n) is 10.2. The van der Waals surface area contributed by atoms with Crippen LogP contribution in [0.1, 0.15) is 5.56 Å². The van der Waals surface area contributed by atoms with E-state index < -0.39 is 0 Å². The highest BCUT2D eigenvalue weighted by Crippen LogP contribution is 2.28. The number of hydrogen-bond acceptors (Lipinski definition) is 2. The van der Waals surface area contributed by atoms with Crippen LogP contribution in [0, 0.1) is 0 Å². The molecule has 2 aromatic rings. The Bertz CT molecular complexity index is 590. The van der Waals surface area contributed by atoms with E-state index in [0.29, 0.717) is 16.6 Å². The van der Waals surface area contributed by atoms with E-state index in [9.17, 15) is 0 Å². The minimum atomic E-state index is 0.613. The van der Waals surface area contributed by atoms with E-state index in [1.54, 1.807) is 13.2 Å². The monoisotopic (exact) mass is 359 g/mol. The first kappa shape index (κ1) is 14.5. The van der Waals surface area contributed by atoms with Gasteiger partial charge >= 0.3 is 0 Å². The molecular formula is C14H12BrCl2NO. The molecule has 0 unspecified atom stereocenters. The van der Waals surface area contributed by atoms with Gasteiger partial charge in [-0.15, -0.1) is 0 Å². The summed E-state index contributed by atoms with van der Waals surface area (Å²) in [5.41, 5.74) is 1.94. The van der Waals surface area contributed by atoms with Crippen LogP contribution >= 0.6 is 39.1 Å². The molecule has 2 rings (SSSR count). The quantitative estimate of drug-likeness (QED) is 0.790. The lowest BCUT2D eigenvalue weighted by Crippen LogP contribution is -2.01. The molecule has 0 amide bonds. The number of benzene rings is 2. The summed E-state index contributed by atoms with van der Waals surface area (Å²) in [4.78, 5) is 0. The Balaban J connectivity index is 2.14. The first-order valence-electron chi connectivity index (χ1n) is 5.61. The van der Waals surface area contributed by atoms with E-state index in [-0.39, 0.29) is 0 Å². The van der Waals surface area contributed by atoms with Gasteiger partial charge in [-0.2, -0.15) is 0 Å². The molecule has 2 aromatic carbocycles. The highest BCUT2D eigenvalue weighted by atomic mass is 79.9. The Hall–Kier alpha value is -0.900. The summed E-state index contributed by atoms with van der Waals surface area (Å²) in [6.07, 6.45) is 0. The number of rotatable bonds is 4. The van der Waals surface area contributed by atoms with Crippen LogP contribution in [0.5, 0.6) is 5.75 Å². The molecule has 0 aliphatic heterocycles. The largest absolute Gasteiger partial charge is 0.497 e. The number of nitrogens with one attached hydrogen (secondary N) is 1. The van der Waals surface area contributed by atoms with Gasteiger partial charge in [0.2, 0.25) is 0 Å². The molecule has 0 spiro atoms. The first-order chi connectivity index (χ1) is 9.10. The van der Waals surface area contributed by atoms with Crippen LogP contribution in [-0.2, 0) is 6.54 Å². The molecule has 0 heterocycles. The van der Waals surface area contributed by atoms with Crippen molar-refractivity contribution in [1.29, 1.82) is 0 Å². The SMILES string of the molecule is COc1ccc(Br)c(NCc2ccc(Cl)cc2Cl)c1. The van der Waals surface area contributed by atoms with E-state index in [2.05, 4.69) is 21.2 Å². The second kappa shape index (κ2) is 6.51. The highest BCUT2D eigenvalue weighted by Gasteiger charge is 2.04. The number of anilines is 1. The lowest BCUT2D eigenvalue weighted by atomic mass is 10.2. The van der Waals surface area contributed by atoms with Crippen LogP contribution in [0.4, 0.5) is 5.69 Å². The zero-order valence-corrected chi connectivity index (χ0v) is 13.3. The molecular weight excluding hydrogens is 349 g/mol. The molecule has 0 saturated carbocycles. The predicted octanol–water partition coefficient (Wildman–Crippen LogP) is 5.38. The minimum Gasteiger partial charge on any atom is -0.497 e. The van der Waals surface area contributed by atoms with Gasteiger partial charge in [0.05, 0.1) is 12.8 Å². The molecule has 5 heteroatoms. The van der Waals surface area contributed by atoms with E-state index in [1.807, 2.05) is 30.3 Å². The van der Waals surface area contributed by atoms with Gasteiger partial charge in [0, 0.05) is 27.1 Å². The third-order valence-electron chi connectivity index (χ3n) is 2.66. The van der Waals surface area contributed by atoms with Crippen LogP contribution in [0.25, 0.3) is 0 Å². The Morgan fingerprint density at radius 2 is 1.95 bits per heavy atom. The molecule has 0 atom stereocenters. The van der Waals surface area contributed by atoms with Crippen molar-refractivity contribution in [3.63, 3.8) is 0 Å². The normalized spacial score (nSPS) is 10.3. The third-order valence-corrected chi connectivity index (χ3v) is 3.94. The molecule has 0 aliphatic rings. The van der Waals surface area contributed by atoms with E-state index in [0.717, 1.165) is 21.5 Å². The standard InChI is InChI=1S/C14H12BrCl2NO/c1-19-11-4-5-12(15)14(7-11)18-8-9-2-3-10(16)6-13(9)17/h2-7,18H,8H2,1H3. The van der Waals surface area contributed by atoms with Crippen LogP contribution < -0.4 is 10.1 Å². The number of methoxy groups -OCH3 is 1. The Kier molecular flexibility index (Phi) is 4.97. The molecule has 0 saturated heterocycles. The smallest absolute Gasteiger partial charge is 0.121 e. The Labute approximate surface area is 130 Å². The molecule has 0 fully saturated rings. The molecule has 19 heavy (non-hydrogen) atoms. The average Bonchev–Trinajstić information content (AvgIpc) is 2.39. The Morgan fingerprint density at radius 3 is 2.63 bits per heavy atom. The van der Waals surface area contributed by atoms with Crippen molar-refractivity contribution in [3.8, 4) is 5.75 Å². The van der Waals surface area contributed by atoms with Crippen molar-refractivity contribution in [1.82, 2.24) is 0 Å². The zero-order chi connectivity index (χ0) is 13.8. The summed E-state index contributed by atoms with van der Waals surface area (Å²) in [6.45, 7) is 0.613. The van der Waals surface area contributed by atoms with Gasteiger partial charge in [-0.3, -0.25) is 0 Å². The molecule has 0 bridgehead atoms. The van der Waals surface area contributed by atoms with E-state index >= 15 is 0 Å². The van der Waals surface area contributed by atoms with Crippen molar-refractivity contribution in [2.75, 3.05) is 12.4 Å². The lowest BCUT2D eigenvalue weighted by Gasteiger charge is -2.11. The average molecular weight is 361 g/mol. The minimum absolute atomic E-state index is 0.613. The van der Waals surface area contributed by atoms with Crippen molar-refractivity contribution < 1.29 is 4.74 Å². The Morgan fingerprint density at radius 1 is 1.16 bits per heavy atom. The maximum atomic E-state index is 6.13. The molecule has 2 nitrogen and oxygen atoms in total. The fourth-order valence-electron chi connectivity index (χ4n) is 1.62. The van der Waals surface area contributed by atoms with Gasteiger partial charge in [-0.1, -0.05) is 29.3 Å². The number of ether oxygens (including phenoxy) is 1. The molecule has 0 radical (unpaired) electrons. The van der Waals surface area contributed by atoms with Crippen LogP contribution in [-0.4, -0.2) is 7.11 Å². The van der Waals surface area contributed by atoms with Crippen molar-refractivity contribution in [3.05, 3.63) is 56.5 Å². The fourth-order valence-corrected chi connectivity index (χ4v) is 2.48.